The number of aryl methyl sites for hydroxylation is 1. The molecule has 0 bridgehead atoms. The van der Waals surface area contributed by atoms with Crippen LogP contribution >= 0.6 is 11.6 Å². The first kappa shape index (κ1) is 8.76. The Balaban J connectivity index is 2.44. The van der Waals surface area contributed by atoms with Crippen molar-refractivity contribution in [3.63, 3.8) is 0 Å². The molecular weight excluding hydrogens is 184 g/mol. The summed E-state index contributed by atoms with van der Waals surface area (Å²) in [5, 5.41) is 0.734. The molecule has 1 aromatic carbocycles. The highest BCUT2D eigenvalue weighted by molar-refractivity contribution is 6.31. The summed E-state index contributed by atoms with van der Waals surface area (Å²) in [6, 6.07) is 5.78. The van der Waals surface area contributed by atoms with Crippen molar-refractivity contribution >= 4 is 17.4 Å². The largest absolute Gasteiger partial charge is 0.299 e. The van der Waals surface area contributed by atoms with Gasteiger partial charge in [0.25, 0.3) is 0 Å². The maximum absolute atomic E-state index is 11.3. The highest BCUT2D eigenvalue weighted by atomic mass is 35.5. The Hall–Kier alpha value is -0.820. The molecule has 68 valence electrons. The molecule has 1 aliphatic rings. The highest BCUT2D eigenvalue weighted by Crippen LogP contribution is 2.38. The minimum absolute atomic E-state index is 0.0775. The van der Waals surface area contributed by atoms with Crippen LogP contribution in [0.15, 0.2) is 18.2 Å². The lowest BCUT2D eigenvalue weighted by atomic mass is 9.77. The molecule has 2 heteroatoms. The van der Waals surface area contributed by atoms with Gasteiger partial charge in [-0.3, -0.25) is 4.79 Å². The molecule has 1 fully saturated rings. The van der Waals surface area contributed by atoms with Crippen molar-refractivity contribution in [3.8, 4) is 0 Å². The van der Waals surface area contributed by atoms with E-state index < -0.39 is 0 Å². The van der Waals surface area contributed by atoms with Crippen molar-refractivity contribution in [2.24, 2.45) is 0 Å². The van der Waals surface area contributed by atoms with Gasteiger partial charge in [0.1, 0.15) is 5.78 Å². The zero-order valence-corrected chi connectivity index (χ0v) is 8.27. The van der Waals surface area contributed by atoms with Crippen molar-refractivity contribution in [1.82, 2.24) is 0 Å². The fourth-order valence-corrected chi connectivity index (χ4v) is 2.15. The van der Waals surface area contributed by atoms with E-state index in [1.165, 1.54) is 0 Å². The van der Waals surface area contributed by atoms with Crippen LogP contribution in [0, 0.1) is 6.92 Å². The maximum atomic E-state index is 11.3. The third-order valence-corrected chi connectivity index (χ3v) is 3.02. The average Bonchev–Trinajstić information content (AvgIpc) is 2.09. The lowest BCUT2D eigenvalue weighted by Crippen LogP contribution is -2.24. The third kappa shape index (κ3) is 1.37. The zero-order chi connectivity index (χ0) is 9.42. The summed E-state index contributed by atoms with van der Waals surface area (Å²) in [4.78, 5) is 11.3. The first-order chi connectivity index (χ1) is 6.20. The van der Waals surface area contributed by atoms with Crippen LogP contribution in [0.25, 0.3) is 0 Å². The van der Waals surface area contributed by atoms with Crippen LogP contribution in [0.4, 0.5) is 0 Å². The fourth-order valence-electron chi connectivity index (χ4n) is 1.80. The van der Waals surface area contributed by atoms with Gasteiger partial charge in [-0.15, -0.1) is 0 Å². The van der Waals surface area contributed by atoms with E-state index in [4.69, 9.17) is 11.6 Å². The number of ketones is 1. The number of Topliss-reactive ketones (excluding diaryl/α,β-unsaturated/α-hetero) is 1. The van der Waals surface area contributed by atoms with E-state index in [1.807, 2.05) is 25.1 Å². The normalized spacial score (nSPS) is 21.4. The van der Waals surface area contributed by atoms with E-state index in [0.29, 0.717) is 5.78 Å². The Morgan fingerprint density at radius 1 is 1.46 bits per heavy atom. The van der Waals surface area contributed by atoms with Crippen LogP contribution in [0.3, 0.4) is 0 Å². The lowest BCUT2D eigenvalue weighted by Gasteiger charge is -2.26. The number of halogens is 1. The average molecular weight is 195 g/mol. The summed E-state index contributed by atoms with van der Waals surface area (Å²) in [5.41, 5.74) is 2.17. The number of hydrogen-bond acceptors (Lipinski definition) is 1. The summed E-state index contributed by atoms with van der Waals surface area (Å²) in [6.45, 7) is 2.01. The number of benzene rings is 1. The molecule has 0 N–H and O–H groups in total. The summed E-state index contributed by atoms with van der Waals surface area (Å²) in [6.07, 6.45) is 1.68. The van der Waals surface area contributed by atoms with Gasteiger partial charge in [0.05, 0.1) is 0 Å². The molecule has 13 heavy (non-hydrogen) atoms. The van der Waals surface area contributed by atoms with E-state index in [2.05, 4.69) is 0 Å². The molecule has 0 amide bonds. The monoisotopic (exact) mass is 194 g/mol. The van der Waals surface area contributed by atoms with Gasteiger partial charge in [-0.25, -0.2) is 0 Å². The summed E-state index contributed by atoms with van der Waals surface area (Å²) in [5.74, 6) is 0.407. The van der Waals surface area contributed by atoms with E-state index in [1.54, 1.807) is 0 Å². The van der Waals surface area contributed by atoms with Gasteiger partial charge in [0.2, 0.25) is 0 Å². The maximum Gasteiger partial charge on any atom is 0.140 e. The Bertz CT molecular complexity index is 337. The quantitative estimate of drug-likeness (QED) is 0.672. The highest BCUT2D eigenvalue weighted by Gasteiger charge is 2.31. The predicted octanol–water partition coefficient (Wildman–Crippen LogP) is 3.09. The van der Waals surface area contributed by atoms with Crippen molar-refractivity contribution in [1.29, 1.82) is 0 Å². The molecule has 0 aromatic heterocycles. The van der Waals surface area contributed by atoms with Crippen LogP contribution in [0.5, 0.6) is 0 Å². The van der Waals surface area contributed by atoms with Crippen molar-refractivity contribution in [3.05, 3.63) is 34.3 Å². The third-order valence-electron chi connectivity index (χ3n) is 2.69. The molecule has 1 saturated carbocycles. The molecule has 1 atom stereocenters. The van der Waals surface area contributed by atoms with Crippen LogP contribution in [-0.2, 0) is 4.79 Å². The van der Waals surface area contributed by atoms with Gasteiger partial charge in [-0.1, -0.05) is 23.7 Å². The van der Waals surface area contributed by atoms with Crippen molar-refractivity contribution in [2.45, 2.75) is 25.7 Å². The van der Waals surface area contributed by atoms with Crippen molar-refractivity contribution in [2.75, 3.05) is 0 Å². The van der Waals surface area contributed by atoms with Gasteiger partial charge in [-0.2, -0.15) is 0 Å². The first-order valence-electron chi connectivity index (χ1n) is 4.48. The Kier molecular flexibility index (Phi) is 2.12. The van der Waals surface area contributed by atoms with E-state index >= 15 is 0 Å². The Morgan fingerprint density at radius 2 is 2.23 bits per heavy atom. The molecule has 0 saturated heterocycles. The second-order valence-corrected chi connectivity index (χ2v) is 3.94. The molecule has 1 aromatic rings. The fraction of sp³-hybridized carbons (Fsp3) is 0.364. The first-order valence-corrected chi connectivity index (χ1v) is 4.85. The number of carbonyl (C=O) groups excluding carboxylic acids is 1. The molecule has 0 heterocycles. The zero-order valence-electron chi connectivity index (χ0n) is 7.51. The summed E-state index contributed by atoms with van der Waals surface area (Å²) in [7, 11) is 0. The van der Waals surface area contributed by atoms with Crippen LogP contribution < -0.4 is 0 Å². The second kappa shape index (κ2) is 3.15. The van der Waals surface area contributed by atoms with Crippen LogP contribution in [-0.4, -0.2) is 5.78 Å². The summed E-state index contributed by atoms with van der Waals surface area (Å²) < 4.78 is 0. The van der Waals surface area contributed by atoms with E-state index in [0.717, 1.165) is 29.0 Å². The molecule has 1 aliphatic carbocycles. The topological polar surface area (TPSA) is 17.1 Å². The molecule has 0 spiro atoms. The number of carbonyl (C=O) groups is 1. The molecule has 2 rings (SSSR count). The molecule has 0 aliphatic heterocycles. The molecule has 0 radical (unpaired) electrons. The van der Waals surface area contributed by atoms with Gasteiger partial charge >= 0.3 is 0 Å². The van der Waals surface area contributed by atoms with Crippen LogP contribution in [0.1, 0.15) is 29.9 Å². The Labute approximate surface area is 82.7 Å². The second-order valence-electron chi connectivity index (χ2n) is 3.53. The van der Waals surface area contributed by atoms with Crippen molar-refractivity contribution < 1.29 is 4.79 Å². The smallest absolute Gasteiger partial charge is 0.140 e. The Morgan fingerprint density at radius 3 is 2.69 bits per heavy atom. The SMILES string of the molecule is Cc1cccc(Cl)c1C1CCC1=O. The van der Waals surface area contributed by atoms with E-state index in [-0.39, 0.29) is 5.92 Å². The van der Waals surface area contributed by atoms with Gasteiger partial charge in [-0.05, 0) is 30.5 Å². The molecular formula is C11H11ClO. The minimum atomic E-state index is 0.0775. The predicted molar refractivity (Wildman–Crippen MR) is 53.2 cm³/mol. The number of hydrogen-bond donors (Lipinski definition) is 0. The lowest BCUT2D eigenvalue weighted by molar-refractivity contribution is -0.125. The minimum Gasteiger partial charge on any atom is -0.299 e. The number of rotatable bonds is 1. The van der Waals surface area contributed by atoms with Crippen LogP contribution in [0.2, 0.25) is 5.02 Å². The molecule has 1 unspecified atom stereocenters. The van der Waals surface area contributed by atoms with Gasteiger partial charge in [0.15, 0.2) is 0 Å². The standard InChI is InChI=1S/C11H11ClO/c1-7-3-2-4-9(12)11(7)8-5-6-10(8)13/h2-4,8H,5-6H2,1H3. The molecule has 1 nitrogen and oxygen atoms in total. The van der Waals surface area contributed by atoms with E-state index in [9.17, 15) is 4.79 Å². The summed E-state index contributed by atoms with van der Waals surface area (Å²) >= 11 is 6.05. The van der Waals surface area contributed by atoms with Gasteiger partial charge < -0.3 is 0 Å². The van der Waals surface area contributed by atoms with Gasteiger partial charge in [0, 0.05) is 17.4 Å².